The van der Waals surface area contributed by atoms with Crippen LogP contribution in [0.4, 0.5) is 5.69 Å². The highest BCUT2D eigenvalue weighted by Gasteiger charge is 2.43. The van der Waals surface area contributed by atoms with E-state index in [1.54, 1.807) is 13.2 Å². The van der Waals surface area contributed by atoms with Gasteiger partial charge in [0.05, 0.1) is 29.1 Å². The van der Waals surface area contributed by atoms with Crippen LogP contribution in [0.3, 0.4) is 0 Å². The van der Waals surface area contributed by atoms with E-state index in [2.05, 4.69) is 47.2 Å². The average molecular weight is 554 g/mol. The predicted molar refractivity (Wildman–Crippen MR) is 155 cm³/mol. The molecule has 2 aliphatic heterocycles. The first kappa shape index (κ1) is 26.9. The highest BCUT2D eigenvalue weighted by Crippen LogP contribution is 2.41. The van der Waals surface area contributed by atoms with E-state index in [0.29, 0.717) is 39.4 Å². The quantitative estimate of drug-likeness (QED) is 0.297. The maximum atomic E-state index is 13.0. The summed E-state index contributed by atoms with van der Waals surface area (Å²) < 4.78 is 11.8. The molecule has 3 aromatic rings. The van der Waals surface area contributed by atoms with Gasteiger partial charge < -0.3 is 19.3 Å². The maximum absolute atomic E-state index is 13.0. The van der Waals surface area contributed by atoms with Crippen LogP contribution in [0.2, 0.25) is 10.0 Å². The molecule has 3 aromatic carbocycles. The standard InChI is InChI=1S/C31H34Cl2N2O3/c1-34(24-6-4-3-5-7-24)21-23(22-8-10-27(32)28(33)18-22)12-15-35-16-13-31(14-17-35)20-29(36)26-19-25(37-2)9-11-30(26)38-31/h3-11,18-19,23H,12-17,20-21H2,1-2H3/t23-/m1/s1. The Hall–Kier alpha value is -2.73. The van der Waals surface area contributed by atoms with Crippen molar-refractivity contribution < 1.29 is 14.3 Å². The van der Waals surface area contributed by atoms with Crippen molar-refractivity contribution in [1.29, 1.82) is 0 Å². The number of hydrogen-bond acceptors (Lipinski definition) is 5. The summed E-state index contributed by atoms with van der Waals surface area (Å²) in [7, 11) is 3.74. The molecule has 7 heteroatoms. The zero-order chi connectivity index (χ0) is 26.7. The SMILES string of the molecule is COc1ccc2c(c1)C(=O)CC1(CCN(CC[C@H](CN(C)c3ccccc3)c3ccc(Cl)c(Cl)c3)CC1)O2. The molecular formula is C31H34Cl2N2O3. The molecule has 0 unspecified atom stereocenters. The lowest BCUT2D eigenvalue weighted by Crippen LogP contribution is -2.51. The van der Waals surface area contributed by atoms with Crippen molar-refractivity contribution in [3.63, 3.8) is 0 Å². The Labute approximate surface area is 235 Å². The van der Waals surface area contributed by atoms with Gasteiger partial charge in [-0.1, -0.05) is 47.5 Å². The summed E-state index contributed by atoms with van der Waals surface area (Å²) in [6.07, 6.45) is 3.09. The van der Waals surface area contributed by atoms with Gasteiger partial charge in [0.2, 0.25) is 0 Å². The van der Waals surface area contributed by atoms with Gasteiger partial charge in [0.15, 0.2) is 5.78 Å². The number of carbonyl (C=O) groups excluding carboxylic acids is 1. The molecular weight excluding hydrogens is 519 g/mol. The van der Waals surface area contributed by atoms with Gasteiger partial charge in [0.25, 0.3) is 0 Å². The lowest BCUT2D eigenvalue weighted by Gasteiger charge is -2.44. The molecule has 0 radical (unpaired) electrons. The van der Waals surface area contributed by atoms with Crippen LogP contribution in [-0.2, 0) is 0 Å². The van der Waals surface area contributed by atoms with Gasteiger partial charge in [0.1, 0.15) is 17.1 Å². The number of fused-ring (bicyclic) bond motifs is 1. The molecule has 0 amide bonds. The molecule has 2 aliphatic rings. The number of halogens is 2. The van der Waals surface area contributed by atoms with Crippen LogP contribution >= 0.6 is 23.2 Å². The first-order valence-electron chi connectivity index (χ1n) is 13.2. The van der Waals surface area contributed by atoms with Crippen molar-refractivity contribution in [2.45, 2.75) is 37.2 Å². The number of ketones is 1. The van der Waals surface area contributed by atoms with Crippen molar-refractivity contribution in [3.05, 3.63) is 87.9 Å². The first-order chi connectivity index (χ1) is 18.4. The Morgan fingerprint density at radius 2 is 1.79 bits per heavy atom. The number of likely N-dealkylation sites (tertiary alicyclic amines) is 1. The number of hydrogen-bond donors (Lipinski definition) is 0. The number of piperidine rings is 1. The van der Waals surface area contributed by atoms with Crippen LogP contribution < -0.4 is 14.4 Å². The molecule has 5 nitrogen and oxygen atoms in total. The van der Waals surface area contributed by atoms with Gasteiger partial charge in [-0.2, -0.15) is 0 Å². The largest absolute Gasteiger partial charge is 0.497 e. The van der Waals surface area contributed by atoms with Gasteiger partial charge in [-0.25, -0.2) is 0 Å². The molecule has 38 heavy (non-hydrogen) atoms. The molecule has 0 aliphatic carbocycles. The molecule has 1 atom stereocenters. The summed E-state index contributed by atoms with van der Waals surface area (Å²) in [5.74, 6) is 1.79. The van der Waals surface area contributed by atoms with Crippen LogP contribution in [0.5, 0.6) is 11.5 Å². The highest BCUT2D eigenvalue weighted by atomic mass is 35.5. The second-order valence-corrected chi connectivity index (χ2v) is 11.3. The highest BCUT2D eigenvalue weighted by molar-refractivity contribution is 6.42. The van der Waals surface area contributed by atoms with Crippen molar-refractivity contribution in [2.24, 2.45) is 0 Å². The molecule has 2 heterocycles. The minimum atomic E-state index is -0.411. The molecule has 0 aromatic heterocycles. The Morgan fingerprint density at radius 3 is 2.50 bits per heavy atom. The number of likely N-dealkylation sites (N-methyl/N-ethyl adjacent to an activating group) is 1. The molecule has 0 N–H and O–H groups in total. The Balaban J connectivity index is 1.23. The number of para-hydroxylation sites is 1. The van der Waals surface area contributed by atoms with Crippen LogP contribution in [-0.4, -0.2) is 56.6 Å². The van der Waals surface area contributed by atoms with E-state index in [9.17, 15) is 4.79 Å². The summed E-state index contributed by atoms with van der Waals surface area (Å²) >= 11 is 12.6. The van der Waals surface area contributed by atoms with Crippen LogP contribution in [0.1, 0.15) is 47.5 Å². The fraction of sp³-hybridized carbons (Fsp3) is 0.387. The Kier molecular flexibility index (Phi) is 8.18. The normalized spacial score (nSPS) is 17.5. The Bertz CT molecular complexity index is 1280. The third kappa shape index (κ3) is 5.96. The number of ether oxygens (including phenoxy) is 2. The number of methoxy groups -OCH3 is 1. The van der Waals surface area contributed by atoms with Gasteiger partial charge in [-0.3, -0.25) is 4.79 Å². The van der Waals surface area contributed by atoms with Crippen LogP contribution in [0.15, 0.2) is 66.7 Å². The van der Waals surface area contributed by atoms with Gasteiger partial charge in [-0.05, 0) is 61.0 Å². The second kappa shape index (κ2) is 11.6. The summed E-state index contributed by atoms with van der Waals surface area (Å²) in [4.78, 5) is 17.8. The van der Waals surface area contributed by atoms with E-state index in [1.165, 1.54) is 11.3 Å². The average Bonchev–Trinajstić information content (AvgIpc) is 2.94. The first-order valence-corrected chi connectivity index (χ1v) is 14.0. The number of Topliss-reactive ketones (excluding diaryl/α,β-unsaturated/α-hetero) is 1. The number of benzene rings is 3. The van der Waals surface area contributed by atoms with Crippen molar-refractivity contribution in [1.82, 2.24) is 4.90 Å². The lowest BCUT2D eigenvalue weighted by molar-refractivity contribution is -0.00943. The molecule has 0 bridgehead atoms. The third-order valence-electron chi connectivity index (χ3n) is 7.96. The fourth-order valence-corrected chi connectivity index (χ4v) is 5.96. The smallest absolute Gasteiger partial charge is 0.170 e. The summed E-state index contributed by atoms with van der Waals surface area (Å²) in [6, 6.07) is 21.9. The number of nitrogens with zero attached hydrogens (tertiary/aromatic N) is 2. The van der Waals surface area contributed by atoms with E-state index in [0.717, 1.165) is 45.4 Å². The minimum absolute atomic E-state index is 0.141. The Morgan fingerprint density at radius 1 is 1.03 bits per heavy atom. The molecule has 1 fully saturated rings. The zero-order valence-corrected chi connectivity index (χ0v) is 23.5. The number of carbonyl (C=O) groups is 1. The molecule has 0 saturated carbocycles. The van der Waals surface area contributed by atoms with Crippen molar-refractivity contribution >= 4 is 34.7 Å². The zero-order valence-electron chi connectivity index (χ0n) is 22.0. The van der Waals surface area contributed by atoms with Crippen molar-refractivity contribution in [3.8, 4) is 11.5 Å². The van der Waals surface area contributed by atoms with Gasteiger partial charge in [-0.15, -0.1) is 0 Å². The number of anilines is 1. The number of rotatable bonds is 8. The summed E-state index contributed by atoms with van der Waals surface area (Å²) in [5.41, 5.74) is 2.61. The van der Waals surface area contributed by atoms with Crippen molar-refractivity contribution in [2.75, 3.05) is 45.2 Å². The monoisotopic (exact) mass is 552 g/mol. The third-order valence-corrected chi connectivity index (χ3v) is 8.70. The molecule has 5 rings (SSSR count). The van der Waals surface area contributed by atoms with E-state index in [4.69, 9.17) is 32.7 Å². The predicted octanol–water partition coefficient (Wildman–Crippen LogP) is 7.11. The maximum Gasteiger partial charge on any atom is 0.170 e. The lowest BCUT2D eigenvalue weighted by atomic mass is 9.82. The summed E-state index contributed by atoms with van der Waals surface area (Å²) in [5, 5.41) is 1.17. The second-order valence-electron chi connectivity index (χ2n) is 10.5. The van der Waals surface area contributed by atoms with Gasteiger partial charge in [0, 0.05) is 51.1 Å². The van der Waals surface area contributed by atoms with E-state index in [1.807, 2.05) is 30.3 Å². The van der Waals surface area contributed by atoms with E-state index in [-0.39, 0.29) is 5.78 Å². The van der Waals surface area contributed by atoms with Crippen LogP contribution in [0, 0.1) is 0 Å². The van der Waals surface area contributed by atoms with E-state index < -0.39 is 5.60 Å². The molecule has 200 valence electrons. The topological polar surface area (TPSA) is 42.0 Å². The fourth-order valence-electron chi connectivity index (χ4n) is 5.65. The molecule has 1 spiro atoms. The molecule has 1 saturated heterocycles. The van der Waals surface area contributed by atoms with Crippen LogP contribution in [0.25, 0.3) is 0 Å². The van der Waals surface area contributed by atoms with E-state index >= 15 is 0 Å². The summed E-state index contributed by atoms with van der Waals surface area (Å²) in [6.45, 7) is 3.64. The minimum Gasteiger partial charge on any atom is -0.497 e. The van der Waals surface area contributed by atoms with Gasteiger partial charge >= 0.3 is 0 Å².